The summed E-state index contributed by atoms with van der Waals surface area (Å²) in [7, 11) is 0. The van der Waals surface area contributed by atoms with E-state index in [4.69, 9.17) is 5.73 Å². The molecular formula is C15H18N4O. The van der Waals surface area contributed by atoms with Crippen LogP contribution in [0, 0.1) is 17.8 Å². The fourth-order valence-electron chi connectivity index (χ4n) is 4.01. The number of nitrogens with two attached hydrogens (primary N) is 1. The number of H-pyrrole nitrogens is 1. The molecule has 0 spiro atoms. The van der Waals surface area contributed by atoms with Gasteiger partial charge in [0.05, 0.1) is 23.3 Å². The van der Waals surface area contributed by atoms with Gasteiger partial charge in [0.15, 0.2) is 0 Å². The van der Waals surface area contributed by atoms with Gasteiger partial charge in [-0.05, 0) is 37.2 Å². The van der Waals surface area contributed by atoms with Crippen LogP contribution in [0.4, 0.5) is 5.69 Å². The Morgan fingerprint density at radius 3 is 3.00 bits per heavy atom. The number of amides is 1. The fourth-order valence-corrected chi connectivity index (χ4v) is 4.01. The molecule has 1 aromatic heterocycles. The molecule has 0 radical (unpaired) electrons. The first-order valence-electron chi connectivity index (χ1n) is 7.22. The lowest BCUT2D eigenvalue weighted by Crippen LogP contribution is -2.42. The predicted octanol–water partition coefficient (Wildman–Crippen LogP) is 1.87. The van der Waals surface area contributed by atoms with Gasteiger partial charge >= 0.3 is 0 Å². The molecule has 1 amide bonds. The zero-order chi connectivity index (χ0) is 13.7. The summed E-state index contributed by atoms with van der Waals surface area (Å²) in [6, 6.07) is 5.82. The summed E-state index contributed by atoms with van der Waals surface area (Å²) in [6.07, 6.45) is 5.21. The minimum atomic E-state index is -0.0353. The Bertz CT molecular complexity index is 663. The summed E-state index contributed by atoms with van der Waals surface area (Å²) in [5.41, 5.74) is 7.89. The number of para-hydroxylation sites is 1. The van der Waals surface area contributed by atoms with Crippen LogP contribution < -0.4 is 11.1 Å². The molecule has 2 fully saturated rings. The van der Waals surface area contributed by atoms with Crippen molar-refractivity contribution in [3.05, 3.63) is 24.4 Å². The molecule has 4 N–H and O–H groups in total. The summed E-state index contributed by atoms with van der Waals surface area (Å²) < 4.78 is 0. The van der Waals surface area contributed by atoms with Crippen molar-refractivity contribution in [1.82, 2.24) is 10.2 Å². The summed E-state index contributed by atoms with van der Waals surface area (Å²) >= 11 is 0. The number of benzene rings is 1. The summed E-state index contributed by atoms with van der Waals surface area (Å²) in [5, 5.41) is 11.0. The van der Waals surface area contributed by atoms with Gasteiger partial charge in [0.25, 0.3) is 0 Å². The number of anilines is 1. The minimum absolute atomic E-state index is 0.0229. The van der Waals surface area contributed by atoms with Crippen molar-refractivity contribution < 1.29 is 4.79 Å². The molecule has 4 unspecified atom stereocenters. The maximum atomic E-state index is 12.6. The highest BCUT2D eigenvalue weighted by Gasteiger charge is 2.49. The molecule has 4 atom stereocenters. The van der Waals surface area contributed by atoms with E-state index >= 15 is 0 Å². The molecule has 20 heavy (non-hydrogen) atoms. The molecule has 5 heteroatoms. The van der Waals surface area contributed by atoms with Crippen molar-refractivity contribution in [3.63, 3.8) is 0 Å². The van der Waals surface area contributed by atoms with Crippen molar-refractivity contribution in [2.75, 3.05) is 5.32 Å². The first-order chi connectivity index (χ1) is 9.74. The van der Waals surface area contributed by atoms with Gasteiger partial charge in [0.1, 0.15) is 0 Å². The van der Waals surface area contributed by atoms with Crippen molar-refractivity contribution in [3.8, 4) is 0 Å². The number of nitrogens with one attached hydrogen (secondary N) is 2. The van der Waals surface area contributed by atoms with E-state index in [1.54, 1.807) is 6.20 Å². The van der Waals surface area contributed by atoms with Crippen molar-refractivity contribution in [2.24, 2.45) is 23.5 Å². The van der Waals surface area contributed by atoms with E-state index in [0.29, 0.717) is 11.8 Å². The zero-order valence-electron chi connectivity index (χ0n) is 11.2. The van der Waals surface area contributed by atoms with E-state index in [0.717, 1.165) is 29.4 Å². The van der Waals surface area contributed by atoms with Gasteiger partial charge in [-0.3, -0.25) is 9.89 Å². The predicted molar refractivity (Wildman–Crippen MR) is 77.0 cm³/mol. The molecule has 2 saturated carbocycles. The van der Waals surface area contributed by atoms with Crippen LogP contribution in [0.2, 0.25) is 0 Å². The molecule has 2 aromatic rings. The molecule has 0 aliphatic heterocycles. The molecule has 104 valence electrons. The van der Waals surface area contributed by atoms with Gasteiger partial charge in [-0.1, -0.05) is 12.1 Å². The maximum absolute atomic E-state index is 12.6. The van der Waals surface area contributed by atoms with Crippen LogP contribution in [0.1, 0.15) is 19.3 Å². The average molecular weight is 270 g/mol. The lowest BCUT2D eigenvalue weighted by Gasteiger charge is -2.27. The quantitative estimate of drug-likeness (QED) is 0.779. The molecule has 2 aliphatic carbocycles. The Morgan fingerprint density at radius 2 is 2.20 bits per heavy atom. The number of hydrogen-bond acceptors (Lipinski definition) is 3. The van der Waals surface area contributed by atoms with Crippen LogP contribution in [0.3, 0.4) is 0 Å². The Labute approximate surface area is 116 Å². The van der Waals surface area contributed by atoms with E-state index in [9.17, 15) is 4.79 Å². The standard InChI is InChI=1S/C15H18N4O/c16-13-9-5-4-8(6-9)12(13)15(20)18-11-3-1-2-10-7-17-19-14(10)11/h1-3,7-9,12-13H,4-6,16H2,(H,17,19)(H,18,20). The molecule has 4 rings (SSSR count). The number of fused-ring (bicyclic) bond motifs is 3. The van der Waals surface area contributed by atoms with E-state index < -0.39 is 0 Å². The molecule has 2 bridgehead atoms. The van der Waals surface area contributed by atoms with E-state index in [1.807, 2.05) is 18.2 Å². The highest BCUT2D eigenvalue weighted by molar-refractivity contribution is 6.01. The molecular weight excluding hydrogens is 252 g/mol. The third-order valence-corrected chi connectivity index (χ3v) is 5.02. The Hall–Kier alpha value is -1.88. The lowest BCUT2D eigenvalue weighted by molar-refractivity contribution is -0.121. The number of carbonyl (C=O) groups is 1. The zero-order valence-corrected chi connectivity index (χ0v) is 11.2. The number of nitrogens with zero attached hydrogens (tertiary/aromatic N) is 1. The first kappa shape index (κ1) is 11.9. The number of carbonyl (C=O) groups excluding carboxylic acids is 1. The number of aromatic nitrogens is 2. The Morgan fingerprint density at radius 1 is 1.35 bits per heavy atom. The topological polar surface area (TPSA) is 83.8 Å². The van der Waals surface area contributed by atoms with Gasteiger partial charge in [0, 0.05) is 11.4 Å². The lowest BCUT2D eigenvalue weighted by atomic mass is 9.84. The Kier molecular flexibility index (Phi) is 2.57. The number of rotatable bonds is 2. The second-order valence-electron chi connectivity index (χ2n) is 6.07. The maximum Gasteiger partial charge on any atom is 0.229 e. The molecule has 5 nitrogen and oxygen atoms in total. The summed E-state index contributed by atoms with van der Waals surface area (Å²) in [6.45, 7) is 0. The van der Waals surface area contributed by atoms with E-state index in [-0.39, 0.29) is 17.9 Å². The number of hydrogen-bond donors (Lipinski definition) is 3. The van der Waals surface area contributed by atoms with Crippen LogP contribution in [-0.4, -0.2) is 22.1 Å². The van der Waals surface area contributed by atoms with Crippen LogP contribution in [0.25, 0.3) is 10.9 Å². The average Bonchev–Trinajstić information content (AvgIpc) is 3.13. The van der Waals surface area contributed by atoms with Crippen molar-refractivity contribution in [2.45, 2.75) is 25.3 Å². The molecule has 0 saturated heterocycles. The van der Waals surface area contributed by atoms with Crippen LogP contribution in [0.5, 0.6) is 0 Å². The summed E-state index contributed by atoms with van der Waals surface area (Å²) in [4.78, 5) is 12.6. The smallest absolute Gasteiger partial charge is 0.229 e. The van der Waals surface area contributed by atoms with Crippen molar-refractivity contribution in [1.29, 1.82) is 0 Å². The molecule has 1 heterocycles. The van der Waals surface area contributed by atoms with Crippen LogP contribution in [0.15, 0.2) is 24.4 Å². The monoisotopic (exact) mass is 270 g/mol. The SMILES string of the molecule is NC1C2CCC(C2)C1C(=O)Nc1cccc2cn[nH]c12. The second-order valence-corrected chi connectivity index (χ2v) is 6.07. The van der Waals surface area contributed by atoms with Gasteiger partial charge < -0.3 is 11.1 Å². The Balaban J connectivity index is 1.60. The van der Waals surface area contributed by atoms with Crippen LogP contribution in [-0.2, 0) is 4.79 Å². The van der Waals surface area contributed by atoms with Gasteiger partial charge in [-0.25, -0.2) is 0 Å². The summed E-state index contributed by atoms with van der Waals surface area (Å²) in [5.74, 6) is 1.04. The van der Waals surface area contributed by atoms with Crippen LogP contribution >= 0.6 is 0 Å². The third-order valence-electron chi connectivity index (χ3n) is 5.02. The normalized spacial score (nSPS) is 31.9. The van der Waals surface area contributed by atoms with Gasteiger partial charge in [-0.2, -0.15) is 5.10 Å². The number of aromatic amines is 1. The highest BCUT2D eigenvalue weighted by atomic mass is 16.2. The van der Waals surface area contributed by atoms with E-state index in [2.05, 4.69) is 15.5 Å². The third kappa shape index (κ3) is 1.66. The minimum Gasteiger partial charge on any atom is -0.327 e. The van der Waals surface area contributed by atoms with E-state index in [1.165, 1.54) is 6.42 Å². The fraction of sp³-hybridized carbons (Fsp3) is 0.467. The molecule has 2 aliphatic rings. The second kappa shape index (κ2) is 4.31. The van der Waals surface area contributed by atoms with Gasteiger partial charge in [-0.15, -0.1) is 0 Å². The van der Waals surface area contributed by atoms with Gasteiger partial charge in [0.2, 0.25) is 5.91 Å². The first-order valence-corrected chi connectivity index (χ1v) is 7.22. The molecule has 1 aromatic carbocycles. The highest BCUT2D eigenvalue weighted by Crippen LogP contribution is 2.48. The largest absolute Gasteiger partial charge is 0.327 e. The van der Waals surface area contributed by atoms with Crippen molar-refractivity contribution >= 4 is 22.5 Å².